The Bertz CT molecular complexity index is 1640. The van der Waals surface area contributed by atoms with Crippen molar-refractivity contribution in [2.24, 2.45) is 10.4 Å². The lowest BCUT2D eigenvalue weighted by molar-refractivity contribution is -0.133. The van der Waals surface area contributed by atoms with E-state index in [0.717, 1.165) is 37.1 Å². The molecule has 4 heterocycles. The van der Waals surface area contributed by atoms with Gasteiger partial charge in [-0.25, -0.2) is 10.4 Å². The Morgan fingerprint density at radius 1 is 1.30 bits per heavy atom. The SMILES string of the molecule is CSc1ccc(OC(F)F)c(-c2nn(CC(=O)N3CCC(N(C)CC4(C#N)CC4)CC3)cc2NC(=O)C2=C3N=CC=CN3NC2)c1. The van der Waals surface area contributed by atoms with Crippen LogP contribution in [0.15, 0.2) is 58.0 Å². The number of anilines is 1. The topological polar surface area (TPSA) is 131 Å². The first-order valence-electron chi connectivity index (χ1n) is 15.1. The van der Waals surface area contributed by atoms with Gasteiger partial charge in [0.05, 0.1) is 22.7 Å². The van der Waals surface area contributed by atoms with E-state index in [1.807, 2.05) is 13.3 Å². The Morgan fingerprint density at radius 3 is 2.78 bits per heavy atom. The first-order chi connectivity index (χ1) is 22.2. The summed E-state index contributed by atoms with van der Waals surface area (Å²) in [5, 5.41) is 18.6. The maximum atomic E-state index is 13.5. The number of hydrogen-bond acceptors (Lipinski definition) is 10. The van der Waals surface area contributed by atoms with Crippen molar-refractivity contribution in [2.75, 3.05) is 44.8 Å². The van der Waals surface area contributed by atoms with Gasteiger partial charge in [0.15, 0.2) is 5.82 Å². The van der Waals surface area contributed by atoms with Gasteiger partial charge < -0.3 is 19.9 Å². The number of hydrogen-bond donors (Lipinski definition) is 2. The van der Waals surface area contributed by atoms with Gasteiger partial charge in [0.1, 0.15) is 18.0 Å². The van der Waals surface area contributed by atoms with Crippen LogP contribution < -0.4 is 15.5 Å². The van der Waals surface area contributed by atoms with Gasteiger partial charge in [0.25, 0.3) is 5.91 Å². The fourth-order valence-electron chi connectivity index (χ4n) is 6.01. The molecule has 15 heteroatoms. The highest BCUT2D eigenvalue weighted by molar-refractivity contribution is 7.98. The first-order valence-corrected chi connectivity index (χ1v) is 16.3. The van der Waals surface area contributed by atoms with Gasteiger partial charge in [-0.1, -0.05) is 0 Å². The molecule has 2 N–H and O–H groups in total. The van der Waals surface area contributed by atoms with E-state index in [-0.39, 0.29) is 47.1 Å². The Hall–Kier alpha value is -4.26. The van der Waals surface area contributed by atoms with Crippen LogP contribution in [-0.2, 0) is 16.1 Å². The highest BCUT2D eigenvalue weighted by atomic mass is 32.2. The minimum atomic E-state index is -3.07. The molecular formula is C31H35F2N9O3S. The third kappa shape index (κ3) is 6.79. The second-order valence-electron chi connectivity index (χ2n) is 11.8. The fourth-order valence-corrected chi connectivity index (χ4v) is 6.45. The fraction of sp³-hybridized carbons (Fsp3) is 0.452. The Kier molecular flexibility index (Phi) is 9.12. The zero-order chi connectivity index (χ0) is 32.4. The van der Waals surface area contributed by atoms with Crippen LogP contribution in [-0.4, -0.2) is 94.8 Å². The summed E-state index contributed by atoms with van der Waals surface area (Å²) < 4.78 is 33.1. The van der Waals surface area contributed by atoms with E-state index in [1.54, 1.807) is 40.5 Å². The second-order valence-corrected chi connectivity index (χ2v) is 12.7. The minimum Gasteiger partial charge on any atom is -0.434 e. The zero-order valence-corrected chi connectivity index (χ0v) is 26.4. The van der Waals surface area contributed by atoms with Gasteiger partial charge in [-0.05, 0) is 63.3 Å². The van der Waals surface area contributed by atoms with Crippen LogP contribution in [0.1, 0.15) is 25.7 Å². The molecule has 46 heavy (non-hydrogen) atoms. The summed E-state index contributed by atoms with van der Waals surface area (Å²) in [4.78, 5) is 36.0. The number of nitriles is 1. The van der Waals surface area contributed by atoms with E-state index in [4.69, 9.17) is 4.74 Å². The number of benzene rings is 1. The van der Waals surface area contributed by atoms with E-state index in [9.17, 15) is 23.6 Å². The zero-order valence-electron chi connectivity index (χ0n) is 25.6. The highest BCUT2D eigenvalue weighted by Gasteiger charge is 2.45. The van der Waals surface area contributed by atoms with E-state index in [2.05, 4.69) is 31.8 Å². The number of likely N-dealkylation sites (tertiary alicyclic amines) is 1. The Morgan fingerprint density at radius 2 is 2.09 bits per heavy atom. The maximum absolute atomic E-state index is 13.5. The lowest BCUT2D eigenvalue weighted by Gasteiger charge is -2.37. The lowest BCUT2D eigenvalue weighted by Crippen LogP contribution is -2.47. The number of allylic oxidation sites excluding steroid dienone is 1. The summed E-state index contributed by atoms with van der Waals surface area (Å²) in [6, 6.07) is 7.52. The monoisotopic (exact) mass is 651 g/mol. The van der Waals surface area contributed by atoms with Crippen LogP contribution in [0.3, 0.4) is 0 Å². The molecule has 1 aromatic heterocycles. The molecule has 2 amide bonds. The van der Waals surface area contributed by atoms with Gasteiger partial charge in [0.2, 0.25) is 5.91 Å². The summed E-state index contributed by atoms with van der Waals surface area (Å²) in [5.74, 6) is -0.246. The number of piperidine rings is 1. The molecule has 0 spiro atoms. The van der Waals surface area contributed by atoms with Gasteiger partial charge in [-0.3, -0.25) is 19.3 Å². The summed E-state index contributed by atoms with van der Waals surface area (Å²) in [5.41, 5.74) is 3.92. The van der Waals surface area contributed by atoms with Crippen LogP contribution in [0, 0.1) is 16.7 Å². The third-order valence-corrected chi connectivity index (χ3v) is 9.49. The summed E-state index contributed by atoms with van der Waals surface area (Å²) >= 11 is 1.42. The van der Waals surface area contributed by atoms with Crippen LogP contribution >= 0.6 is 11.8 Å². The average Bonchev–Trinajstić information content (AvgIpc) is 3.51. The van der Waals surface area contributed by atoms with E-state index >= 15 is 0 Å². The second kappa shape index (κ2) is 13.2. The van der Waals surface area contributed by atoms with Crippen molar-refractivity contribution in [1.82, 2.24) is 30.0 Å². The number of aromatic nitrogens is 2. The van der Waals surface area contributed by atoms with Crippen LogP contribution in [0.4, 0.5) is 14.5 Å². The van der Waals surface area contributed by atoms with Crippen LogP contribution in [0.2, 0.25) is 0 Å². The standard InChI is InChI=1S/C31H35F2N9O3S/c1-39(19-31(18-34)8-9-31)20-6-12-40(13-7-20)26(43)17-41-16-24(37-29(44)23-15-36-42-11-3-10-35-28(23)42)27(38-41)22-14-21(46-2)4-5-25(22)45-30(32)33/h3-5,10-11,14,16,20,30,36H,6-9,12-13,15,17,19H2,1-2H3,(H,37,44). The van der Waals surface area contributed by atoms with Crippen molar-refractivity contribution in [3.63, 3.8) is 0 Å². The number of halogens is 2. The van der Waals surface area contributed by atoms with Crippen LogP contribution in [0.25, 0.3) is 11.3 Å². The molecule has 12 nitrogen and oxygen atoms in total. The molecule has 1 saturated heterocycles. The number of nitrogens with zero attached hydrogens (tertiary/aromatic N) is 7. The van der Waals surface area contributed by atoms with Crippen molar-refractivity contribution >= 4 is 35.5 Å². The molecule has 0 unspecified atom stereocenters. The van der Waals surface area contributed by atoms with Crippen molar-refractivity contribution in [1.29, 1.82) is 5.26 Å². The predicted octanol–water partition coefficient (Wildman–Crippen LogP) is 3.67. The number of thioether (sulfide) groups is 1. The molecule has 3 aliphatic heterocycles. The Labute approximate surface area is 269 Å². The number of aliphatic imine (C=N–C) groups is 1. The quantitative estimate of drug-likeness (QED) is 0.350. The molecule has 0 radical (unpaired) electrons. The molecule has 1 saturated carbocycles. The highest BCUT2D eigenvalue weighted by Crippen LogP contribution is 2.46. The smallest absolute Gasteiger partial charge is 0.387 e. The number of amides is 2. The maximum Gasteiger partial charge on any atom is 0.387 e. The number of ether oxygens (including phenoxy) is 1. The lowest BCUT2D eigenvalue weighted by atomic mass is 10.0. The van der Waals surface area contributed by atoms with E-state index < -0.39 is 12.5 Å². The summed E-state index contributed by atoms with van der Waals surface area (Å²) in [6.45, 7) is -1.05. The molecule has 0 atom stereocenters. The van der Waals surface area contributed by atoms with Crippen molar-refractivity contribution < 1.29 is 23.1 Å². The summed E-state index contributed by atoms with van der Waals surface area (Å²) in [6.07, 6.45) is 11.9. The van der Waals surface area contributed by atoms with E-state index in [0.29, 0.717) is 30.5 Å². The minimum absolute atomic E-state index is 0.104. The Balaban J connectivity index is 1.22. The molecule has 242 valence electrons. The number of hydrazine groups is 1. The first kappa shape index (κ1) is 31.7. The molecule has 2 aromatic rings. The number of rotatable bonds is 11. The van der Waals surface area contributed by atoms with Crippen molar-refractivity contribution in [3.8, 4) is 23.1 Å². The number of nitrogens with one attached hydrogen (secondary N) is 2. The number of fused-ring (bicyclic) bond motifs is 1. The van der Waals surface area contributed by atoms with Gasteiger partial charge in [-0.15, -0.1) is 11.8 Å². The molecule has 1 aliphatic carbocycles. The van der Waals surface area contributed by atoms with Gasteiger partial charge in [-0.2, -0.15) is 19.1 Å². The van der Waals surface area contributed by atoms with Crippen LogP contribution in [0.5, 0.6) is 5.75 Å². The normalized spacial score (nSPS) is 18.7. The summed E-state index contributed by atoms with van der Waals surface area (Å²) in [7, 11) is 2.05. The number of alkyl halides is 2. The molecular weight excluding hydrogens is 616 g/mol. The molecule has 2 fully saturated rings. The van der Waals surface area contributed by atoms with Crippen molar-refractivity contribution in [2.45, 2.75) is 49.8 Å². The molecule has 6 rings (SSSR count). The molecule has 1 aromatic carbocycles. The molecule has 4 aliphatic rings. The van der Waals surface area contributed by atoms with E-state index in [1.165, 1.54) is 28.7 Å². The molecule has 0 bridgehead atoms. The van der Waals surface area contributed by atoms with Crippen molar-refractivity contribution in [3.05, 3.63) is 48.1 Å². The third-order valence-electron chi connectivity index (χ3n) is 8.76. The largest absolute Gasteiger partial charge is 0.434 e. The predicted molar refractivity (Wildman–Crippen MR) is 169 cm³/mol. The van der Waals surface area contributed by atoms with Gasteiger partial charge in [0, 0.05) is 61.3 Å². The average molecular weight is 652 g/mol. The number of carbonyl (C=O) groups excluding carboxylic acids is 2. The number of carbonyl (C=O) groups is 2. The van der Waals surface area contributed by atoms with Gasteiger partial charge >= 0.3 is 6.61 Å².